The minimum atomic E-state index is -0.653. The van der Waals surface area contributed by atoms with E-state index in [1.807, 2.05) is 0 Å². The molecule has 2 aromatic heterocycles. The first-order chi connectivity index (χ1) is 13.4. The zero-order valence-electron chi connectivity index (χ0n) is 15.2. The lowest BCUT2D eigenvalue weighted by Crippen LogP contribution is -2.18. The molecule has 1 atom stereocenters. The molecule has 0 radical (unpaired) electrons. The van der Waals surface area contributed by atoms with Gasteiger partial charge in [0, 0.05) is 6.42 Å². The fourth-order valence-corrected chi connectivity index (χ4v) is 2.74. The van der Waals surface area contributed by atoms with E-state index >= 15 is 0 Å². The number of nitrogens with two attached hydrogens (primary N) is 2. The number of hydrogen-bond acceptors (Lipinski definition) is 10. The van der Waals surface area contributed by atoms with Gasteiger partial charge in [-0.15, -0.1) is 0 Å². The SMILES string of the molecule is COC(=O)c1ccc([C@@H](Cc2cnc3nc(N)nc(N)c3n2)C(=O)OC)cc1. The van der Waals surface area contributed by atoms with E-state index < -0.39 is 17.9 Å². The highest BCUT2D eigenvalue weighted by Crippen LogP contribution is 2.24. The molecular formula is C18H18N6O4. The van der Waals surface area contributed by atoms with Gasteiger partial charge in [0.25, 0.3) is 0 Å². The minimum absolute atomic E-state index is 0.00480. The Balaban J connectivity index is 1.94. The third-order valence-electron chi connectivity index (χ3n) is 4.13. The van der Waals surface area contributed by atoms with Crippen LogP contribution in [0.2, 0.25) is 0 Å². The Morgan fingerprint density at radius 1 is 1.04 bits per heavy atom. The van der Waals surface area contributed by atoms with E-state index in [0.717, 1.165) is 0 Å². The van der Waals surface area contributed by atoms with Crippen LogP contribution < -0.4 is 11.5 Å². The van der Waals surface area contributed by atoms with Crippen molar-refractivity contribution < 1.29 is 19.1 Å². The number of methoxy groups -OCH3 is 2. The number of nitrogen functional groups attached to an aromatic ring is 2. The van der Waals surface area contributed by atoms with Crippen LogP contribution >= 0.6 is 0 Å². The van der Waals surface area contributed by atoms with Crippen LogP contribution in [0, 0.1) is 0 Å². The molecule has 1 aromatic carbocycles. The number of rotatable bonds is 5. The maximum atomic E-state index is 12.3. The van der Waals surface area contributed by atoms with Crippen LogP contribution in [-0.4, -0.2) is 46.1 Å². The van der Waals surface area contributed by atoms with Gasteiger partial charge in [0.2, 0.25) is 5.95 Å². The van der Waals surface area contributed by atoms with Crippen molar-refractivity contribution in [3.63, 3.8) is 0 Å². The summed E-state index contributed by atoms with van der Waals surface area (Å²) >= 11 is 0. The summed E-state index contributed by atoms with van der Waals surface area (Å²) in [7, 11) is 2.60. The van der Waals surface area contributed by atoms with Gasteiger partial charge in [-0.2, -0.15) is 9.97 Å². The molecule has 0 aliphatic heterocycles. The number of nitrogens with zero attached hydrogens (tertiary/aromatic N) is 4. The van der Waals surface area contributed by atoms with Gasteiger partial charge >= 0.3 is 11.9 Å². The Morgan fingerprint density at radius 3 is 2.39 bits per heavy atom. The highest BCUT2D eigenvalue weighted by Gasteiger charge is 2.24. The molecule has 0 bridgehead atoms. The second kappa shape index (κ2) is 7.82. The van der Waals surface area contributed by atoms with E-state index in [9.17, 15) is 9.59 Å². The van der Waals surface area contributed by atoms with E-state index in [1.165, 1.54) is 20.4 Å². The molecule has 144 valence electrons. The van der Waals surface area contributed by atoms with Crippen LogP contribution in [0.4, 0.5) is 11.8 Å². The number of anilines is 2. The lowest BCUT2D eigenvalue weighted by molar-refractivity contribution is -0.142. The third-order valence-corrected chi connectivity index (χ3v) is 4.13. The minimum Gasteiger partial charge on any atom is -0.469 e. The zero-order chi connectivity index (χ0) is 20.3. The summed E-state index contributed by atoms with van der Waals surface area (Å²) in [6.07, 6.45) is 1.70. The fraction of sp³-hybridized carbons (Fsp3) is 0.222. The maximum absolute atomic E-state index is 12.3. The molecule has 4 N–H and O–H groups in total. The van der Waals surface area contributed by atoms with Gasteiger partial charge in [-0.05, 0) is 17.7 Å². The zero-order valence-corrected chi connectivity index (χ0v) is 15.2. The Bertz CT molecular complexity index is 1040. The smallest absolute Gasteiger partial charge is 0.337 e. The van der Waals surface area contributed by atoms with Crippen molar-refractivity contribution in [2.75, 3.05) is 25.7 Å². The van der Waals surface area contributed by atoms with Crippen LogP contribution in [0.1, 0.15) is 27.5 Å². The summed E-state index contributed by atoms with van der Waals surface area (Å²) in [6, 6.07) is 6.50. The molecule has 3 rings (SSSR count). The molecule has 0 saturated carbocycles. The molecular weight excluding hydrogens is 364 g/mol. The number of esters is 2. The number of carbonyl (C=O) groups is 2. The van der Waals surface area contributed by atoms with E-state index in [-0.39, 0.29) is 23.8 Å². The molecule has 0 fully saturated rings. The van der Waals surface area contributed by atoms with Gasteiger partial charge in [0.05, 0.1) is 37.6 Å². The Hall–Kier alpha value is -3.82. The maximum Gasteiger partial charge on any atom is 0.337 e. The number of fused-ring (bicyclic) bond motifs is 1. The largest absolute Gasteiger partial charge is 0.469 e. The number of hydrogen-bond donors (Lipinski definition) is 2. The second-order valence-electron chi connectivity index (χ2n) is 5.89. The van der Waals surface area contributed by atoms with Crippen molar-refractivity contribution >= 4 is 34.9 Å². The van der Waals surface area contributed by atoms with E-state index in [4.69, 9.17) is 16.2 Å². The van der Waals surface area contributed by atoms with Crippen molar-refractivity contribution in [3.05, 3.63) is 47.3 Å². The lowest BCUT2D eigenvalue weighted by atomic mass is 9.93. The number of carbonyl (C=O) groups excluding carboxylic acids is 2. The first-order valence-electron chi connectivity index (χ1n) is 8.23. The number of benzene rings is 1. The molecule has 0 unspecified atom stereocenters. The Morgan fingerprint density at radius 2 is 1.75 bits per heavy atom. The van der Waals surface area contributed by atoms with Crippen molar-refractivity contribution in [3.8, 4) is 0 Å². The monoisotopic (exact) mass is 382 g/mol. The van der Waals surface area contributed by atoms with Crippen LogP contribution in [0.5, 0.6) is 0 Å². The lowest BCUT2D eigenvalue weighted by Gasteiger charge is -2.15. The first-order valence-corrected chi connectivity index (χ1v) is 8.23. The molecule has 0 aliphatic rings. The van der Waals surface area contributed by atoms with Gasteiger partial charge in [0.15, 0.2) is 17.0 Å². The topological polar surface area (TPSA) is 156 Å². The highest BCUT2D eigenvalue weighted by atomic mass is 16.5. The molecule has 0 spiro atoms. The summed E-state index contributed by atoms with van der Waals surface area (Å²) in [6.45, 7) is 0. The van der Waals surface area contributed by atoms with Crippen molar-refractivity contribution in [2.45, 2.75) is 12.3 Å². The summed E-state index contributed by atoms with van der Waals surface area (Å²) in [4.78, 5) is 40.4. The molecule has 2 heterocycles. The number of ether oxygens (including phenoxy) is 2. The predicted octanol–water partition coefficient (Wildman–Crippen LogP) is 0.870. The molecule has 10 nitrogen and oxygen atoms in total. The van der Waals surface area contributed by atoms with Crippen LogP contribution in [0.15, 0.2) is 30.5 Å². The summed E-state index contributed by atoms with van der Waals surface area (Å²) in [5.41, 5.74) is 13.5. The van der Waals surface area contributed by atoms with E-state index in [1.54, 1.807) is 24.3 Å². The normalized spacial score (nSPS) is 11.8. The summed E-state index contributed by atoms with van der Waals surface area (Å²) in [5, 5.41) is 0. The van der Waals surface area contributed by atoms with E-state index in [0.29, 0.717) is 22.3 Å². The van der Waals surface area contributed by atoms with Gasteiger partial charge in [-0.3, -0.25) is 4.79 Å². The van der Waals surface area contributed by atoms with Gasteiger partial charge in [0.1, 0.15) is 0 Å². The molecule has 0 aliphatic carbocycles. The summed E-state index contributed by atoms with van der Waals surface area (Å²) < 4.78 is 9.60. The average molecular weight is 382 g/mol. The Kier molecular flexibility index (Phi) is 5.30. The third kappa shape index (κ3) is 3.80. The molecule has 3 aromatic rings. The van der Waals surface area contributed by atoms with Crippen LogP contribution in [0.3, 0.4) is 0 Å². The average Bonchev–Trinajstić information content (AvgIpc) is 2.71. The molecule has 0 saturated heterocycles. The van der Waals surface area contributed by atoms with Crippen molar-refractivity contribution in [1.29, 1.82) is 0 Å². The molecule has 0 amide bonds. The quantitative estimate of drug-likeness (QED) is 0.607. The van der Waals surface area contributed by atoms with Crippen LogP contribution in [0.25, 0.3) is 11.2 Å². The van der Waals surface area contributed by atoms with Crippen molar-refractivity contribution in [2.24, 2.45) is 0 Å². The standard InChI is InChI=1S/C18H18N6O4/c1-27-16(25)10-5-3-9(4-6-10)12(17(26)28-2)7-11-8-21-15-13(22-11)14(19)23-18(20)24-15/h3-6,8,12H,7H2,1-2H3,(H4,19,20,21,23,24)/t12-/m1/s1. The van der Waals surface area contributed by atoms with Gasteiger partial charge in [-0.1, -0.05) is 12.1 Å². The van der Waals surface area contributed by atoms with E-state index in [2.05, 4.69) is 24.7 Å². The Labute approximate surface area is 159 Å². The van der Waals surface area contributed by atoms with Crippen LogP contribution in [-0.2, 0) is 20.7 Å². The molecule has 10 heteroatoms. The fourth-order valence-electron chi connectivity index (χ4n) is 2.74. The highest BCUT2D eigenvalue weighted by molar-refractivity contribution is 5.89. The van der Waals surface area contributed by atoms with Gasteiger partial charge in [-0.25, -0.2) is 14.8 Å². The predicted molar refractivity (Wildman–Crippen MR) is 100 cm³/mol. The first kappa shape index (κ1) is 19.0. The molecule has 28 heavy (non-hydrogen) atoms. The van der Waals surface area contributed by atoms with Gasteiger partial charge < -0.3 is 20.9 Å². The number of aromatic nitrogens is 4. The second-order valence-corrected chi connectivity index (χ2v) is 5.89. The summed E-state index contributed by atoms with van der Waals surface area (Å²) in [5.74, 6) is -1.45. The van der Waals surface area contributed by atoms with Crippen molar-refractivity contribution in [1.82, 2.24) is 19.9 Å².